The van der Waals surface area contributed by atoms with Crippen molar-refractivity contribution in [2.75, 3.05) is 0 Å². The predicted molar refractivity (Wildman–Crippen MR) is 90.9 cm³/mol. The van der Waals surface area contributed by atoms with E-state index in [1.807, 2.05) is 0 Å². The maximum absolute atomic E-state index is 13.8. The summed E-state index contributed by atoms with van der Waals surface area (Å²) in [5.74, 6) is -0.287. The molecule has 0 bridgehead atoms. The SMILES string of the molecule is Fc1ccc(-c2ncn3nc(Cc4ncccc4F)nc3c2Br)cc1. The Hall–Kier alpha value is -2.74. The van der Waals surface area contributed by atoms with Crippen LogP contribution in [0.25, 0.3) is 16.9 Å². The highest BCUT2D eigenvalue weighted by Crippen LogP contribution is 2.29. The molecule has 5 nitrogen and oxygen atoms in total. The molecule has 0 spiro atoms. The lowest BCUT2D eigenvalue weighted by Crippen LogP contribution is -1.98. The van der Waals surface area contributed by atoms with E-state index in [-0.39, 0.29) is 17.9 Å². The third-order valence-electron chi connectivity index (χ3n) is 3.65. The molecule has 0 atom stereocenters. The summed E-state index contributed by atoms with van der Waals surface area (Å²) in [6.45, 7) is 0. The molecule has 8 heteroatoms. The highest BCUT2D eigenvalue weighted by Gasteiger charge is 2.15. The number of hydrogen-bond acceptors (Lipinski definition) is 4. The fourth-order valence-electron chi connectivity index (χ4n) is 2.45. The highest BCUT2D eigenvalue weighted by molar-refractivity contribution is 9.10. The Morgan fingerprint density at radius 2 is 1.84 bits per heavy atom. The van der Waals surface area contributed by atoms with Crippen LogP contribution in [0.5, 0.6) is 0 Å². The predicted octanol–water partition coefficient (Wildman–Crippen LogP) is 3.82. The van der Waals surface area contributed by atoms with Gasteiger partial charge >= 0.3 is 0 Å². The molecule has 0 unspecified atom stereocenters. The maximum Gasteiger partial charge on any atom is 0.173 e. The first-order valence-electron chi connectivity index (χ1n) is 7.37. The first-order valence-corrected chi connectivity index (χ1v) is 8.16. The fourth-order valence-corrected chi connectivity index (χ4v) is 3.06. The Kier molecular flexibility index (Phi) is 3.96. The first kappa shape index (κ1) is 15.8. The van der Waals surface area contributed by atoms with E-state index < -0.39 is 5.82 Å². The van der Waals surface area contributed by atoms with Gasteiger partial charge in [0.25, 0.3) is 0 Å². The summed E-state index contributed by atoms with van der Waals surface area (Å²) in [5, 5.41) is 4.31. The van der Waals surface area contributed by atoms with E-state index in [1.54, 1.807) is 12.1 Å². The molecule has 0 saturated heterocycles. The van der Waals surface area contributed by atoms with E-state index in [9.17, 15) is 8.78 Å². The number of nitrogens with zero attached hydrogens (tertiary/aromatic N) is 5. The highest BCUT2D eigenvalue weighted by atomic mass is 79.9. The van der Waals surface area contributed by atoms with Crippen LogP contribution in [0, 0.1) is 11.6 Å². The van der Waals surface area contributed by atoms with Gasteiger partial charge in [-0.1, -0.05) is 0 Å². The number of aromatic nitrogens is 5. The average molecular weight is 402 g/mol. The van der Waals surface area contributed by atoms with Gasteiger partial charge in [0, 0.05) is 11.8 Å². The zero-order chi connectivity index (χ0) is 17.4. The molecule has 0 N–H and O–H groups in total. The van der Waals surface area contributed by atoms with E-state index >= 15 is 0 Å². The number of fused-ring (bicyclic) bond motifs is 1. The Morgan fingerprint density at radius 1 is 1.04 bits per heavy atom. The number of rotatable bonds is 3. The van der Waals surface area contributed by atoms with Crippen LogP contribution in [-0.2, 0) is 6.42 Å². The van der Waals surface area contributed by atoms with Gasteiger partial charge < -0.3 is 0 Å². The number of halogens is 3. The second kappa shape index (κ2) is 6.29. The molecular weight excluding hydrogens is 392 g/mol. The van der Waals surface area contributed by atoms with E-state index in [4.69, 9.17) is 0 Å². The van der Waals surface area contributed by atoms with Gasteiger partial charge in [-0.25, -0.2) is 23.3 Å². The third kappa shape index (κ3) is 3.00. The van der Waals surface area contributed by atoms with Gasteiger partial charge in [0.05, 0.1) is 22.3 Å². The smallest absolute Gasteiger partial charge is 0.173 e. The van der Waals surface area contributed by atoms with Crippen LogP contribution in [0.4, 0.5) is 8.78 Å². The lowest BCUT2D eigenvalue weighted by molar-refractivity contribution is 0.601. The number of pyridine rings is 1. The standard InChI is InChI=1S/C17H10BrF2N5/c18-15-16(10-3-5-11(19)6-4-10)22-9-25-17(15)23-14(24-25)8-13-12(20)2-1-7-21-13/h1-7,9H,8H2. The normalized spacial score (nSPS) is 11.2. The van der Waals surface area contributed by atoms with E-state index in [0.29, 0.717) is 21.6 Å². The van der Waals surface area contributed by atoms with Crippen molar-refractivity contribution in [3.63, 3.8) is 0 Å². The molecule has 0 amide bonds. The van der Waals surface area contributed by atoms with Crippen LogP contribution in [0.3, 0.4) is 0 Å². The van der Waals surface area contributed by atoms with Gasteiger partial charge in [-0.15, -0.1) is 5.10 Å². The molecule has 3 aromatic heterocycles. The minimum Gasteiger partial charge on any atom is -0.258 e. The Labute approximate surface area is 149 Å². The van der Waals surface area contributed by atoms with Crippen LogP contribution >= 0.6 is 15.9 Å². The Balaban J connectivity index is 1.75. The van der Waals surface area contributed by atoms with E-state index in [1.165, 1.54) is 41.3 Å². The molecule has 25 heavy (non-hydrogen) atoms. The van der Waals surface area contributed by atoms with Crippen molar-refractivity contribution in [3.8, 4) is 11.3 Å². The Morgan fingerprint density at radius 3 is 2.60 bits per heavy atom. The lowest BCUT2D eigenvalue weighted by Gasteiger charge is -2.04. The quantitative estimate of drug-likeness (QED) is 0.523. The lowest BCUT2D eigenvalue weighted by atomic mass is 10.1. The molecule has 0 aliphatic carbocycles. The van der Waals surface area contributed by atoms with Crippen molar-refractivity contribution >= 4 is 21.6 Å². The maximum atomic E-state index is 13.8. The fraction of sp³-hybridized carbons (Fsp3) is 0.0588. The van der Waals surface area contributed by atoms with Crippen molar-refractivity contribution in [3.05, 3.63) is 76.5 Å². The Bertz CT molecular complexity index is 1060. The molecule has 1 aromatic carbocycles. The minimum absolute atomic E-state index is 0.173. The molecule has 0 radical (unpaired) electrons. The van der Waals surface area contributed by atoms with Crippen molar-refractivity contribution < 1.29 is 8.78 Å². The van der Waals surface area contributed by atoms with E-state index in [2.05, 4.69) is 36.0 Å². The summed E-state index contributed by atoms with van der Waals surface area (Å²) < 4.78 is 29.0. The van der Waals surface area contributed by atoms with Gasteiger partial charge in [0.1, 0.15) is 18.0 Å². The monoisotopic (exact) mass is 401 g/mol. The molecule has 3 heterocycles. The molecule has 0 saturated carbocycles. The van der Waals surface area contributed by atoms with Crippen molar-refractivity contribution in [2.24, 2.45) is 0 Å². The zero-order valence-corrected chi connectivity index (χ0v) is 14.3. The van der Waals surface area contributed by atoms with Crippen LogP contribution in [-0.4, -0.2) is 24.6 Å². The average Bonchev–Trinajstić information content (AvgIpc) is 3.02. The molecule has 4 rings (SSSR count). The van der Waals surface area contributed by atoms with Crippen LogP contribution in [0.15, 0.2) is 53.4 Å². The number of benzene rings is 1. The zero-order valence-electron chi connectivity index (χ0n) is 12.7. The summed E-state index contributed by atoms with van der Waals surface area (Å²) in [6, 6.07) is 8.89. The van der Waals surface area contributed by atoms with Crippen LogP contribution in [0.2, 0.25) is 0 Å². The van der Waals surface area contributed by atoms with Crippen LogP contribution < -0.4 is 0 Å². The summed E-state index contributed by atoms with van der Waals surface area (Å²) in [7, 11) is 0. The second-order valence-electron chi connectivity index (χ2n) is 5.32. The summed E-state index contributed by atoms with van der Waals surface area (Å²) >= 11 is 3.48. The van der Waals surface area contributed by atoms with Gasteiger partial charge in [-0.2, -0.15) is 0 Å². The van der Waals surface area contributed by atoms with Gasteiger partial charge in [-0.3, -0.25) is 4.98 Å². The minimum atomic E-state index is -0.398. The molecule has 0 aliphatic rings. The summed E-state index contributed by atoms with van der Waals surface area (Å²) in [6.07, 6.45) is 3.22. The second-order valence-corrected chi connectivity index (χ2v) is 6.11. The largest absolute Gasteiger partial charge is 0.258 e. The molecule has 124 valence electrons. The van der Waals surface area contributed by atoms with Gasteiger partial charge in [-0.05, 0) is 52.3 Å². The van der Waals surface area contributed by atoms with E-state index in [0.717, 1.165) is 5.56 Å². The summed E-state index contributed by atoms with van der Waals surface area (Å²) in [4.78, 5) is 12.8. The third-order valence-corrected chi connectivity index (χ3v) is 4.38. The summed E-state index contributed by atoms with van der Waals surface area (Å²) in [5.41, 5.74) is 2.19. The topological polar surface area (TPSA) is 56.0 Å². The number of hydrogen-bond donors (Lipinski definition) is 0. The van der Waals surface area contributed by atoms with Crippen molar-refractivity contribution in [1.82, 2.24) is 24.6 Å². The molecule has 4 aromatic rings. The van der Waals surface area contributed by atoms with Crippen LogP contribution in [0.1, 0.15) is 11.5 Å². The molecular formula is C17H10BrF2N5. The first-order chi connectivity index (χ1) is 12.1. The van der Waals surface area contributed by atoms with Crippen molar-refractivity contribution in [1.29, 1.82) is 0 Å². The molecule has 0 fully saturated rings. The van der Waals surface area contributed by atoms with Gasteiger partial charge in [0.15, 0.2) is 11.5 Å². The molecule has 0 aliphatic heterocycles. The van der Waals surface area contributed by atoms with Gasteiger partial charge in [0.2, 0.25) is 0 Å². The van der Waals surface area contributed by atoms with Crippen molar-refractivity contribution in [2.45, 2.75) is 6.42 Å².